The molecule has 3 rings (SSSR count). The molecule has 0 bridgehead atoms. The lowest BCUT2D eigenvalue weighted by Gasteiger charge is -2.32. The van der Waals surface area contributed by atoms with Crippen molar-refractivity contribution in [3.8, 4) is 0 Å². The lowest BCUT2D eigenvalue weighted by atomic mass is 9.77. The number of hydrogen-bond acceptors (Lipinski definition) is 1. The van der Waals surface area contributed by atoms with Gasteiger partial charge in [0.1, 0.15) is 6.17 Å². The van der Waals surface area contributed by atoms with E-state index in [0.717, 1.165) is 11.5 Å². The van der Waals surface area contributed by atoms with Crippen LogP contribution in [-0.4, -0.2) is 18.6 Å². The first-order valence-electron chi connectivity index (χ1n) is 9.84. The summed E-state index contributed by atoms with van der Waals surface area (Å²) in [5, 5.41) is 0. The molecule has 1 nitrogen and oxygen atoms in total. The fraction of sp³-hybridized carbons (Fsp3) is 0.714. The average molecular weight is 372 g/mol. The molecule has 0 N–H and O–H groups in total. The quantitative estimate of drug-likeness (QED) is 0.523. The van der Waals surface area contributed by atoms with Gasteiger partial charge in [0.15, 0.2) is 0 Å². The lowest BCUT2D eigenvalue weighted by Crippen LogP contribution is -2.36. The van der Waals surface area contributed by atoms with Crippen LogP contribution in [0.5, 0.6) is 0 Å². The van der Waals surface area contributed by atoms with Crippen LogP contribution in [0.25, 0.3) is 0 Å². The van der Waals surface area contributed by atoms with Crippen molar-refractivity contribution in [2.75, 3.05) is 0 Å². The van der Waals surface area contributed by atoms with Gasteiger partial charge in [-0.3, -0.25) is 4.74 Å². The van der Waals surface area contributed by atoms with Crippen LogP contribution in [0.2, 0.25) is 0 Å². The molecule has 2 aliphatic rings. The highest BCUT2D eigenvalue weighted by atomic mass is 19.4. The van der Waals surface area contributed by atoms with E-state index in [1.165, 1.54) is 37.7 Å². The highest BCUT2D eigenvalue weighted by molar-refractivity contribution is 5.28. The fourth-order valence-electron chi connectivity index (χ4n) is 4.64. The van der Waals surface area contributed by atoms with Crippen LogP contribution in [0.4, 0.5) is 17.6 Å². The Bertz CT molecular complexity index is 560. The summed E-state index contributed by atoms with van der Waals surface area (Å²) in [5.74, 6) is 1.45. The highest BCUT2D eigenvalue weighted by Gasteiger charge is 2.40. The van der Waals surface area contributed by atoms with Crippen LogP contribution < -0.4 is 0 Å². The van der Waals surface area contributed by atoms with Gasteiger partial charge in [0.25, 0.3) is 0 Å². The Hall–Kier alpha value is -1.10. The van der Waals surface area contributed by atoms with Crippen LogP contribution in [0.3, 0.4) is 0 Å². The van der Waals surface area contributed by atoms with Gasteiger partial charge in [0.05, 0.1) is 6.10 Å². The normalized spacial score (nSPS) is 33.2. The first kappa shape index (κ1) is 19.7. The third-order valence-corrected chi connectivity index (χ3v) is 6.30. The fourth-order valence-corrected chi connectivity index (χ4v) is 4.64. The predicted molar refractivity (Wildman–Crippen MR) is 93.8 cm³/mol. The number of rotatable bonds is 4. The van der Waals surface area contributed by atoms with E-state index in [0.29, 0.717) is 12.3 Å². The molecule has 2 fully saturated rings. The Morgan fingerprint density at radius 3 is 1.92 bits per heavy atom. The molecule has 0 radical (unpaired) electrons. The van der Waals surface area contributed by atoms with Gasteiger partial charge in [-0.15, -0.1) is 13.2 Å². The molecule has 0 saturated heterocycles. The Labute approximate surface area is 153 Å². The van der Waals surface area contributed by atoms with Gasteiger partial charge in [-0.05, 0) is 73.8 Å². The van der Waals surface area contributed by atoms with Crippen LogP contribution in [0.1, 0.15) is 81.3 Å². The van der Waals surface area contributed by atoms with E-state index in [1.807, 2.05) is 12.1 Å². The summed E-state index contributed by atoms with van der Waals surface area (Å²) in [6.07, 6.45) is -0.673. The van der Waals surface area contributed by atoms with E-state index < -0.39 is 18.6 Å². The van der Waals surface area contributed by atoms with E-state index in [9.17, 15) is 17.6 Å². The van der Waals surface area contributed by atoms with E-state index >= 15 is 0 Å². The standard InChI is InChI=1S/C21H28F4O/c1-2-14-3-5-15(6-4-14)16-7-9-17(10-8-16)18-11-12-20(19(22)13-18)26-21(23,24)25/h7-10,14-15,18-20H,2-6,11-13H2,1H3. The minimum Gasteiger partial charge on any atom is -0.286 e. The third kappa shape index (κ3) is 4.99. The summed E-state index contributed by atoms with van der Waals surface area (Å²) in [4.78, 5) is 0. The van der Waals surface area contributed by atoms with Crippen LogP contribution >= 0.6 is 0 Å². The topological polar surface area (TPSA) is 9.23 Å². The van der Waals surface area contributed by atoms with Gasteiger partial charge in [0, 0.05) is 0 Å². The van der Waals surface area contributed by atoms with Crippen molar-refractivity contribution in [1.82, 2.24) is 0 Å². The van der Waals surface area contributed by atoms with E-state index in [4.69, 9.17) is 0 Å². The zero-order valence-corrected chi connectivity index (χ0v) is 15.3. The molecule has 0 amide bonds. The van der Waals surface area contributed by atoms with Crippen LogP contribution in [0.15, 0.2) is 24.3 Å². The minimum atomic E-state index is -4.76. The van der Waals surface area contributed by atoms with Crippen molar-refractivity contribution in [3.63, 3.8) is 0 Å². The van der Waals surface area contributed by atoms with Gasteiger partial charge < -0.3 is 0 Å². The average Bonchev–Trinajstić information content (AvgIpc) is 2.63. The summed E-state index contributed by atoms with van der Waals surface area (Å²) in [7, 11) is 0. The maximum Gasteiger partial charge on any atom is 0.522 e. The SMILES string of the molecule is CCC1CCC(c2ccc(C3CCC(OC(F)(F)F)C(F)C3)cc2)CC1. The Balaban J connectivity index is 1.56. The van der Waals surface area contributed by atoms with Gasteiger partial charge in [-0.1, -0.05) is 37.6 Å². The predicted octanol–water partition coefficient (Wildman–Crippen LogP) is 6.88. The highest BCUT2D eigenvalue weighted by Crippen LogP contribution is 2.40. The molecule has 3 atom stereocenters. The molecule has 2 aliphatic carbocycles. The Morgan fingerprint density at radius 2 is 1.42 bits per heavy atom. The largest absolute Gasteiger partial charge is 0.522 e. The Kier molecular flexibility index (Phi) is 6.26. The first-order chi connectivity index (χ1) is 12.4. The van der Waals surface area contributed by atoms with Crippen molar-refractivity contribution in [3.05, 3.63) is 35.4 Å². The second-order valence-corrected chi connectivity index (χ2v) is 7.92. The third-order valence-electron chi connectivity index (χ3n) is 6.30. The van der Waals surface area contributed by atoms with Gasteiger partial charge >= 0.3 is 6.36 Å². The van der Waals surface area contributed by atoms with Gasteiger partial charge in [0.2, 0.25) is 0 Å². The zero-order chi connectivity index (χ0) is 18.7. The zero-order valence-electron chi connectivity index (χ0n) is 15.3. The van der Waals surface area contributed by atoms with Gasteiger partial charge in [-0.2, -0.15) is 0 Å². The number of ether oxygens (including phenoxy) is 1. The van der Waals surface area contributed by atoms with Crippen molar-refractivity contribution in [2.24, 2.45) is 5.92 Å². The molecule has 3 unspecified atom stereocenters. The molecule has 146 valence electrons. The molecule has 1 aromatic carbocycles. The molecular weight excluding hydrogens is 344 g/mol. The number of halogens is 4. The van der Waals surface area contributed by atoms with Crippen LogP contribution in [-0.2, 0) is 4.74 Å². The summed E-state index contributed by atoms with van der Waals surface area (Å²) in [6.45, 7) is 2.26. The minimum absolute atomic E-state index is 0.0250. The van der Waals surface area contributed by atoms with Crippen molar-refractivity contribution >= 4 is 0 Å². The summed E-state index contributed by atoms with van der Waals surface area (Å²) in [6, 6.07) is 8.36. The maximum absolute atomic E-state index is 14.1. The number of hydrogen-bond donors (Lipinski definition) is 0. The summed E-state index contributed by atoms with van der Waals surface area (Å²) in [5.41, 5.74) is 2.37. The molecular formula is C21H28F4O. The van der Waals surface area contributed by atoms with E-state index in [-0.39, 0.29) is 18.8 Å². The summed E-state index contributed by atoms with van der Waals surface area (Å²) < 4.78 is 55.0. The van der Waals surface area contributed by atoms with Crippen molar-refractivity contribution in [2.45, 2.75) is 88.8 Å². The summed E-state index contributed by atoms with van der Waals surface area (Å²) >= 11 is 0. The molecule has 2 saturated carbocycles. The van der Waals surface area contributed by atoms with Crippen molar-refractivity contribution in [1.29, 1.82) is 0 Å². The van der Waals surface area contributed by atoms with Crippen LogP contribution in [0, 0.1) is 5.92 Å². The molecule has 5 heteroatoms. The molecule has 0 aliphatic heterocycles. The molecule has 0 spiro atoms. The smallest absolute Gasteiger partial charge is 0.286 e. The maximum atomic E-state index is 14.1. The molecule has 26 heavy (non-hydrogen) atoms. The van der Waals surface area contributed by atoms with Crippen molar-refractivity contribution < 1.29 is 22.3 Å². The van der Waals surface area contributed by atoms with E-state index in [1.54, 1.807) is 0 Å². The molecule has 1 aromatic rings. The van der Waals surface area contributed by atoms with E-state index in [2.05, 4.69) is 23.8 Å². The second-order valence-electron chi connectivity index (χ2n) is 7.92. The Morgan fingerprint density at radius 1 is 0.885 bits per heavy atom. The lowest BCUT2D eigenvalue weighted by molar-refractivity contribution is -0.351. The molecule has 0 heterocycles. The first-order valence-corrected chi connectivity index (χ1v) is 9.84. The molecule has 0 aromatic heterocycles. The monoisotopic (exact) mass is 372 g/mol. The second kappa shape index (κ2) is 8.28. The number of benzene rings is 1. The number of alkyl halides is 4. The van der Waals surface area contributed by atoms with Gasteiger partial charge in [-0.25, -0.2) is 4.39 Å².